The third-order valence-electron chi connectivity index (χ3n) is 5.39. The molecule has 1 aliphatic heterocycles. The Kier molecular flexibility index (Phi) is 6.37. The molecule has 0 aliphatic carbocycles. The summed E-state index contributed by atoms with van der Waals surface area (Å²) in [6.07, 6.45) is 3.23. The molecule has 3 heterocycles. The number of carbonyl (C=O) groups is 1. The molecule has 10 nitrogen and oxygen atoms in total. The number of aromatic hydroxyl groups is 1. The Labute approximate surface area is 195 Å². The number of rotatable bonds is 7. The standard InChI is InChI=1S/C21H23ClN4O6S/c1-2-31-13-5-7-26(8-6-13)21-16(9-12(22)11-24-21)25-33(29,30)14-3-4-15-17(10-14)32-19(18(15)27)20(23)28/h3-4,9-11,13,25,27H,2,5-8H2,1H3,(H2,23,28). The van der Waals surface area contributed by atoms with Crippen LogP contribution < -0.4 is 15.4 Å². The molecule has 0 spiro atoms. The maximum atomic E-state index is 13.1. The van der Waals surface area contributed by atoms with Crippen LogP contribution in [0.5, 0.6) is 5.75 Å². The molecule has 1 amide bonds. The van der Waals surface area contributed by atoms with E-state index in [9.17, 15) is 18.3 Å². The van der Waals surface area contributed by atoms with Crippen molar-refractivity contribution < 1.29 is 27.5 Å². The molecule has 1 aromatic carbocycles. The summed E-state index contributed by atoms with van der Waals surface area (Å²) in [5.74, 6) is -1.38. The van der Waals surface area contributed by atoms with E-state index in [0.29, 0.717) is 25.5 Å². The lowest BCUT2D eigenvalue weighted by Gasteiger charge is -2.33. The number of piperidine rings is 1. The third-order valence-corrected chi connectivity index (χ3v) is 6.96. The van der Waals surface area contributed by atoms with E-state index in [0.717, 1.165) is 12.8 Å². The number of benzene rings is 1. The van der Waals surface area contributed by atoms with Gasteiger partial charge in [-0.15, -0.1) is 0 Å². The van der Waals surface area contributed by atoms with Crippen molar-refractivity contribution in [1.29, 1.82) is 0 Å². The highest BCUT2D eigenvalue weighted by Crippen LogP contribution is 2.35. The van der Waals surface area contributed by atoms with E-state index < -0.39 is 27.4 Å². The minimum atomic E-state index is -4.08. The second-order valence-corrected chi connectivity index (χ2v) is 9.69. The predicted molar refractivity (Wildman–Crippen MR) is 123 cm³/mol. The Morgan fingerprint density at radius 2 is 2.09 bits per heavy atom. The molecule has 12 heteroatoms. The molecule has 2 aromatic heterocycles. The molecule has 0 saturated carbocycles. The number of sulfonamides is 1. The van der Waals surface area contributed by atoms with Crippen LogP contribution in [0.4, 0.5) is 11.5 Å². The molecule has 176 valence electrons. The van der Waals surface area contributed by atoms with Crippen molar-refractivity contribution in [3.63, 3.8) is 0 Å². The van der Waals surface area contributed by atoms with E-state index in [1.165, 1.54) is 30.5 Å². The SMILES string of the molecule is CCOC1CCN(c2ncc(Cl)cc2NS(=O)(=O)c2ccc3c(O)c(C(N)=O)oc3c2)CC1. The smallest absolute Gasteiger partial charge is 0.288 e. The summed E-state index contributed by atoms with van der Waals surface area (Å²) in [4.78, 5) is 17.6. The normalized spacial score (nSPS) is 15.2. The van der Waals surface area contributed by atoms with Crippen molar-refractivity contribution >= 4 is 50.0 Å². The summed E-state index contributed by atoms with van der Waals surface area (Å²) < 4.78 is 39.7. The fourth-order valence-electron chi connectivity index (χ4n) is 3.83. The number of halogens is 1. The Balaban J connectivity index is 1.63. The second kappa shape index (κ2) is 9.08. The van der Waals surface area contributed by atoms with Crippen LogP contribution in [-0.4, -0.2) is 50.2 Å². The number of primary amides is 1. The van der Waals surface area contributed by atoms with Gasteiger partial charge in [-0.1, -0.05) is 11.6 Å². The first-order chi connectivity index (χ1) is 15.7. The van der Waals surface area contributed by atoms with E-state index in [1.54, 1.807) is 0 Å². The third kappa shape index (κ3) is 4.70. The van der Waals surface area contributed by atoms with Crippen LogP contribution in [0.25, 0.3) is 11.0 Å². The lowest BCUT2D eigenvalue weighted by atomic mass is 10.1. The van der Waals surface area contributed by atoms with Crippen molar-refractivity contribution in [1.82, 2.24) is 4.98 Å². The molecule has 0 atom stereocenters. The van der Waals surface area contributed by atoms with Crippen molar-refractivity contribution in [2.45, 2.75) is 30.8 Å². The van der Waals surface area contributed by atoms with Crippen LogP contribution in [0.3, 0.4) is 0 Å². The fourth-order valence-corrected chi connectivity index (χ4v) is 5.06. The second-order valence-electron chi connectivity index (χ2n) is 7.57. The number of nitrogens with zero attached hydrogens (tertiary/aromatic N) is 2. The first-order valence-corrected chi connectivity index (χ1v) is 12.2. The number of nitrogens with one attached hydrogen (secondary N) is 1. The predicted octanol–water partition coefficient (Wildman–Crippen LogP) is 3.09. The van der Waals surface area contributed by atoms with E-state index in [2.05, 4.69) is 9.71 Å². The topological polar surface area (TPSA) is 148 Å². The lowest BCUT2D eigenvalue weighted by Crippen LogP contribution is -2.38. The van der Waals surface area contributed by atoms with Gasteiger partial charge in [0.2, 0.25) is 5.76 Å². The van der Waals surface area contributed by atoms with Gasteiger partial charge in [-0.3, -0.25) is 9.52 Å². The highest BCUT2D eigenvalue weighted by molar-refractivity contribution is 7.92. The van der Waals surface area contributed by atoms with Gasteiger partial charge in [0.05, 0.1) is 27.1 Å². The number of hydrogen-bond donors (Lipinski definition) is 3. The molecule has 1 aliphatic rings. The zero-order valence-electron chi connectivity index (χ0n) is 17.7. The molecule has 4 rings (SSSR count). The van der Waals surface area contributed by atoms with Crippen molar-refractivity contribution in [2.75, 3.05) is 29.3 Å². The first-order valence-electron chi connectivity index (χ1n) is 10.3. The van der Waals surface area contributed by atoms with Gasteiger partial charge in [0.1, 0.15) is 5.58 Å². The molecule has 1 saturated heterocycles. The lowest BCUT2D eigenvalue weighted by molar-refractivity contribution is 0.0458. The van der Waals surface area contributed by atoms with Crippen molar-refractivity contribution in [2.24, 2.45) is 5.73 Å². The van der Waals surface area contributed by atoms with Crippen LogP contribution in [0.15, 0.2) is 39.8 Å². The van der Waals surface area contributed by atoms with Crippen LogP contribution >= 0.6 is 11.6 Å². The minimum Gasteiger partial charge on any atom is -0.504 e. The summed E-state index contributed by atoms with van der Waals surface area (Å²) in [5.41, 5.74) is 5.42. The van der Waals surface area contributed by atoms with Crippen LogP contribution in [0.2, 0.25) is 5.02 Å². The summed E-state index contributed by atoms with van der Waals surface area (Å²) in [7, 11) is -4.08. The number of nitrogens with two attached hydrogens (primary N) is 1. The average molecular weight is 495 g/mol. The van der Waals surface area contributed by atoms with Crippen LogP contribution in [0.1, 0.15) is 30.3 Å². The highest BCUT2D eigenvalue weighted by atomic mass is 35.5. The monoisotopic (exact) mass is 494 g/mol. The zero-order valence-corrected chi connectivity index (χ0v) is 19.3. The molecule has 3 aromatic rings. The number of carbonyl (C=O) groups excluding carboxylic acids is 1. The Hall–Kier alpha value is -3.02. The quantitative estimate of drug-likeness (QED) is 0.453. The fraction of sp³-hybridized carbons (Fsp3) is 0.333. The molecule has 0 unspecified atom stereocenters. The van der Waals surface area contributed by atoms with Gasteiger partial charge < -0.3 is 24.9 Å². The number of anilines is 2. The number of hydrogen-bond acceptors (Lipinski definition) is 8. The molecular weight excluding hydrogens is 472 g/mol. The molecule has 1 fully saturated rings. The van der Waals surface area contributed by atoms with Gasteiger partial charge in [0.25, 0.3) is 15.9 Å². The van der Waals surface area contributed by atoms with E-state index in [-0.39, 0.29) is 32.7 Å². The Bertz CT molecular complexity index is 1300. The number of pyridine rings is 1. The molecule has 33 heavy (non-hydrogen) atoms. The van der Waals surface area contributed by atoms with E-state index >= 15 is 0 Å². The first kappa shape index (κ1) is 23.1. The number of fused-ring (bicyclic) bond motifs is 1. The summed E-state index contributed by atoms with van der Waals surface area (Å²) in [6, 6.07) is 5.33. The molecule has 0 bridgehead atoms. The molecular formula is C21H23ClN4O6S. The average Bonchev–Trinajstić information content (AvgIpc) is 3.11. The summed E-state index contributed by atoms with van der Waals surface area (Å²) >= 11 is 6.10. The van der Waals surface area contributed by atoms with Crippen LogP contribution in [-0.2, 0) is 14.8 Å². The zero-order chi connectivity index (χ0) is 23.8. The van der Waals surface area contributed by atoms with Gasteiger partial charge in [0.15, 0.2) is 11.6 Å². The molecule has 4 N–H and O–H groups in total. The number of aromatic nitrogens is 1. The van der Waals surface area contributed by atoms with Crippen molar-refractivity contribution in [3.8, 4) is 5.75 Å². The van der Waals surface area contributed by atoms with Gasteiger partial charge in [-0.25, -0.2) is 13.4 Å². The highest BCUT2D eigenvalue weighted by Gasteiger charge is 2.26. The maximum Gasteiger partial charge on any atom is 0.288 e. The summed E-state index contributed by atoms with van der Waals surface area (Å²) in [6.45, 7) is 3.91. The number of amides is 1. The number of ether oxygens (including phenoxy) is 1. The Morgan fingerprint density at radius 1 is 1.36 bits per heavy atom. The maximum absolute atomic E-state index is 13.1. The van der Waals surface area contributed by atoms with Crippen LogP contribution in [0, 0.1) is 0 Å². The number of furan rings is 1. The van der Waals surface area contributed by atoms with E-state index in [1.807, 2.05) is 11.8 Å². The van der Waals surface area contributed by atoms with E-state index in [4.69, 9.17) is 26.5 Å². The summed E-state index contributed by atoms with van der Waals surface area (Å²) in [5, 5.41) is 10.5. The van der Waals surface area contributed by atoms with Gasteiger partial charge >= 0.3 is 0 Å². The van der Waals surface area contributed by atoms with Gasteiger partial charge in [-0.2, -0.15) is 0 Å². The largest absolute Gasteiger partial charge is 0.504 e. The van der Waals surface area contributed by atoms with Crippen molar-refractivity contribution in [3.05, 3.63) is 41.2 Å². The Morgan fingerprint density at radius 3 is 2.76 bits per heavy atom. The van der Waals surface area contributed by atoms with Gasteiger partial charge in [-0.05, 0) is 38.0 Å². The minimum absolute atomic E-state index is 0.00612. The van der Waals surface area contributed by atoms with Gasteiger partial charge in [0, 0.05) is 32.0 Å². The molecule has 0 radical (unpaired) electrons.